The maximum Gasteiger partial charge on any atom is 0.256 e. The van der Waals surface area contributed by atoms with Crippen LogP contribution in [0.2, 0.25) is 0 Å². The van der Waals surface area contributed by atoms with Gasteiger partial charge in [0, 0.05) is 47.0 Å². The first kappa shape index (κ1) is 20.1. The van der Waals surface area contributed by atoms with Gasteiger partial charge in [-0.3, -0.25) is 4.79 Å². The zero-order chi connectivity index (χ0) is 21.3. The van der Waals surface area contributed by atoms with Gasteiger partial charge in [0.2, 0.25) is 5.69 Å². The first-order valence-corrected chi connectivity index (χ1v) is 10.2. The van der Waals surface area contributed by atoms with E-state index in [9.17, 15) is 4.79 Å². The van der Waals surface area contributed by atoms with Crippen LogP contribution in [0.4, 0.5) is 0 Å². The predicted octanol–water partition coefficient (Wildman–Crippen LogP) is 1.95. The third-order valence-corrected chi connectivity index (χ3v) is 5.67. The van der Waals surface area contributed by atoms with Crippen molar-refractivity contribution < 1.29 is 19.6 Å². The third-order valence-electron chi connectivity index (χ3n) is 5.67. The van der Waals surface area contributed by atoms with Crippen LogP contribution in [0, 0.1) is 20.8 Å². The highest BCUT2D eigenvalue weighted by Gasteiger charge is 2.33. The molecule has 30 heavy (non-hydrogen) atoms. The van der Waals surface area contributed by atoms with Crippen LogP contribution in [0.25, 0.3) is 11.3 Å². The lowest BCUT2D eigenvalue weighted by molar-refractivity contribution is -0.938. The van der Waals surface area contributed by atoms with E-state index in [0.717, 1.165) is 35.6 Å². The smallest absolute Gasteiger partial charge is 0.256 e. The minimum absolute atomic E-state index is 0.0391. The van der Waals surface area contributed by atoms with Crippen molar-refractivity contribution in [2.75, 3.05) is 26.3 Å². The second-order valence-electron chi connectivity index (χ2n) is 7.84. The number of likely N-dealkylation sites (tertiary alicyclic amines) is 1. The normalized spacial score (nSPS) is 13.9. The Morgan fingerprint density at radius 2 is 1.93 bits per heavy atom. The summed E-state index contributed by atoms with van der Waals surface area (Å²) in [6.45, 7) is 7.52. The van der Waals surface area contributed by atoms with Crippen molar-refractivity contribution >= 4 is 5.91 Å². The van der Waals surface area contributed by atoms with Crippen molar-refractivity contribution in [2.24, 2.45) is 0 Å². The third kappa shape index (κ3) is 3.80. The summed E-state index contributed by atoms with van der Waals surface area (Å²) in [6.07, 6.45) is 0. The van der Waals surface area contributed by atoms with Crippen molar-refractivity contribution in [3.63, 3.8) is 0 Å². The molecule has 3 aromatic rings. The Balaban J connectivity index is 1.50. The number of nitrogens with zero attached hydrogens (tertiary/aromatic N) is 3. The van der Waals surface area contributed by atoms with E-state index in [2.05, 4.69) is 41.5 Å². The van der Waals surface area contributed by atoms with Gasteiger partial charge in [-0.2, -0.15) is 0 Å². The van der Waals surface area contributed by atoms with E-state index < -0.39 is 0 Å². The Bertz CT molecular complexity index is 1050. The molecule has 0 spiro atoms. The highest BCUT2D eigenvalue weighted by Crippen LogP contribution is 2.30. The van der Waals surface area contributed by atoms with Crippen molar-refractivity contribution in [2.45, 2.75) is 26.7 Å². The van der Waals surface area contributed by atoms with Gasteiger partial charge >= 0.3 is 0 Å². The molecule has 1 aliphatic heterocycles. The van der Waals surface area contributed by atoms with Gasteiger partial charge < -0.3 is 14.8 Å². The monoisotopic (exact) mass is 407 g/mol. The molecule has 1 saturated heterocycles. The molecule has 0 radical (unpaired) electrons. The molecule has 156 valence electrons. The van der Waals surface area contributed by atoms with E-state index in [1.54, 1.807) is 0 Å². The minimum Gasteiger partial charge on any atom is -0.393 e. The van der Waals surface area contributed by atoms with Crippen LogP contribution in [0.1, 0.15) is 38.7 Å². The Morgan fingerprint density at radius 1 is 1.20 bits per heavy atom. The highest BCUT2D eigenvalue weighted by molar-refractivity contribution is 5.96. The van der Waals surface area contributed by atoms with Gasteiger partial charge in [0.1, 0.15) is 0 Å². The van der Waals surface area contributed by atoms with E-state index in [-0.39, 0.29) is 19.1 Å². The largest absolute Gasteiger partial charge is 0.393 e. The predicted molar refractivity (Wildman–Crippen MR) is 112 cm³/mol. The number of aromatic nitrogens is 3. The van der Waals surface area contributed by atoms with Crippen LogP contribution in [-0.2, 0) is 0 Å². The topological polar surface area (TPSA) is 82.3 Å². The van der Waals surface area contributed by atoms with Crippen LogP contribution < -0.4 is 9.68 Å². The molecule has 7 heteroatoms. The summed E-state index contributed by atoms with van der Waals surface area (Å²) in [5, 5.41) is 16.1. The fourth-order valence-corrected chi connectivity index (χ4v) is 3.75. The number of aromatic amines is 1. The average Bonchev–Trinajstić information content (AvgIpc) is 3.07. The van der Waals surface area contributed by atoms with E-state index in [4.69, 9.17) is 9.94 Å². The standard InChI is InChI=1S/C23H26N4O3/c1-15-4-7-18(8-5-15)20-13-26(14-20)23(29)19-9-6-16(2)21(12-19)22-17(3)27(25-24-22)30-11-10-28/h4-9,12,20,28H,10-11,13-14H2,1-3H3/p+1. The van der Waals surface area contributed by atoms with Gasteiger partial charge in [0.15, 0.2) is 6.61 Å². The summed E-state index contributed by atoms with van der Waals surface area (Å²) in [5.41, 5.74) is 6.60. The van der Waals surface area contributed by atoms with Crippen molar-refractivity contribution in [3.8, 4) is 11.3 Å². The molecule has 0 unspecified atom stereocenters. The summed E-state index contributed by atoms with van der Waals surface area (Å²) in [5.74, 6) is 0.438. The number of carbonyl (C=O) groups is 1. The molecular formula is C23H27N4O3+. The van der Waals surface area contributed by atoms with Crippen LogP contribution in [-0.4, -0.2) is 52.5 Å². The summed E-state index contributed by atoms with van der Waals surface area (Å²) in [7, 11) is 0. The Labute approximate surface area is 175 Å². The highest BCUT2D eigenvalue weighted by atomic mass is 16.7. The van der Waals surface area contributed by atoms with Crippen molar-refractivity contribution in [1.82, 2.24) is 15.2 Å². The van der Waals surface area contributed by atoms with E-state index in [0.29, 0.717) is 11.5 Å². The van der Waals surface area contributed by atoms with Gasteiger partial charge in [0.05, 0.1) is 6.61 Å². The molecular weight excluding hydrogens is 380 g/mol. The van der Waals surface area contributed by atoms with E-state index >= 15 is 0 Å². The number of aliphatic hydroxyl groups is 1. The molecule has 1 aromatic heterocycles. The number of aryl methyl sites for hydroxylation is 2. The quantitative estimate of drug-likeness (QED) is 0.612. The van der Waals surface area contributed by atoms with Crippen LogP contribution in [0.15, 0.2) is 42.5 Å². The second kappa shape index (κ2) is 8.28. The van der Waals surface area contributed by atoms with Crippen molar-refractivity contribution in [1.29, 1.82) is 0 Å². The molecule has 1 amide bonds. The summed E-state index contributed by atoms with van der Waals surface area (Å²) in [4.78, 5) is 21.8. The SMILES string of the molecule is Cc1ccc(C2CN(C(=O)c3ccc(C)c(-c4n[nH][n+](OCCO)c4C)c3)C2)cc1. The Hall–Kier alpha value is -3.19. The molecule has 4 rings (SSSR count). The molecule has 2 aromatic carbocycles. The second-order valence-corrected chi connectivity index (χ2v) is 7.84. The number of amides is 1. The van der Waals surface area contributed by atoms with Crippen LogP contribution >= 0.6 is 0 Å². The van der Waals surface area contributed by atoms with Crippen LogP contribution in [0.3, 0.4) is 0 Å². The van der Waals surface area contributed by atoms with E-state index in [1.165, 1.54) is 16.0 Å². The number of aliphatic hydroxyl groups excluding tert-OH is 1. The number of hydrogen-bond acceptors (Lipinski definition) is 4. The molecule has 0 atom stereocenters. The molecule has 7 nitrogen and oxygen atoms in total. The van der Waals surface area contributed by atoms with Crippen LogP contribution in [0.5, 0.6) is 0 Å². The molecule has 0 bridgehead atoms. The maximum absolute atomic E-state index is 13.0. The summed E-state index contributed by atoms with van der Waals surface area (Å²) in [6, 6.07) is 14.3. The Morgan fingerprint density at radius 3 is 2.63 bits per heavy atom. The zero-order valence-corrected chi connectivity index (χ0v) is 17.6. The Kier molecular flexibility index (Phi) is 5.55. The van der Waals surface area contributed by atoms with Gasteiger partial charge in [-0.05, 0) is 42.3 Å². The molecule has 1 fully saturated rings. The first-order valence-electron chi connectivity index (χ1n) is 10.2. The number of rotatable bonds is 6. The maximum atomic E-state index is 13.0. The number of hydrogen-bond donors (Lipinski definition) is 2. The van der Waals surface area contributed by atoms with Gasteiger partial charge in [-0.1, -0.05) is 35.9 Å². The fourth-order valence-electron chi connectivity index (χ4n) is 3.75. The van der Waals surface area contributed by atoms with Gasteiger partial charge in [-0.15, -0.1) is 0 Å². The summed E-state index contributed by atoms with van der Waals surface area (Å²) >= 11 is 0. The lowest BCUT2D eigenvalue weighted by atomic mass is 9.90. The van der Waals surface area contributed by atoms with E-state index in [1.807, 2.05) is 36.9 Å². The fraction of sp³-hybridized carbons (Fsp3) is 0.348. The lowest BCUT2D eigenvalue weighted by Gasteiger charge is -2.39. The van der Waals surface area contributed by atoms with Crippen molar-refractivity contribution in [3.05, 3.63) is 70.4 Å². The lowest BCUT2D eigenvalue weighted by Crippen LogP contribution is -2.48. The van der Waals surface area contributed by atoms with Gasteiger partial charge in [-0.25, -0.2) is 0 Å². The number of carbonyl (C=O) groups excluding carboxylic acids is 1. The number of benzene rings is 2. The molecule has 2 heterocycles. The minimum atomic E-state index is -0.0801. The zero-order valence-electron chi connectivity index (χ0n) is 17.6. The number of nitrogens with one attached hydrogen (secondary N) is 1. The average molecular weight is 407 g/mol. The first-order chi connectivity index (χ1) is 14.5. The molecule has 0 saturated carbocycles. The van der Waals surface area contributed by atoms with Gasteiger partial charge in [0.25, 0.3) is 11.6 Å². The molecule has 2 N–H and O–H groups in total. The number of H-pyrrole nitrogens is 1. The summed E-state index contributed by atoms with van der Waals surface area (Å²) < 4.78 is 0. The molecule has 1 aliphatic rings. The molecule has 0 aliphatic carbocycles.